The van der Waals surface area contributed by atoms with Crippen molar-refractivity contribution in [2.45, 2.75) is 19.3 Å². The first-order chi connectivity index (χ1) is 8.33. The van der Waals surface area contributed by atoms with E-state index < -0.39 is 5.91 Å². The molecule has 1 aliphatic rings. The van der Waals surface area contributed by atoms with Crippen molar-refractivity contribution < 1.29 is 4.79 Å². The Labute approximate surface area is 99.7 Å². The van der Waals surface area contributed by atoms with Crippen LogP contribution in [0, 0.1) is 0 Å². The van der Waals surface area contributed by atoms with Crippen molar-refractivity contribution in [2.75, 3.05) is 18.0 Å². The number of anilines is 1. The van der Waals surface area contributed by atoms with Gasteiger partial charge in [-0.05, 0) is 42.0 Å². The van der Waals surface area contributed by atoms with Crippen LogP contribution in [0.2, 0.25) is 0 Å². The largest absolute Gasteiger partial charge is 0.371 e. The van der Waals surface area contributed by atoms with Crippen LogP contribution in [-0.4, -0.2) is 19.0 Å². The molecule has 88 valence electrons. The molecule has 0 bridgehead atoms. The van der Waals surface area contributed by atoms with Gasteiger partial charge in [0, 0.05) is 29.3 Å². The minimum atomic E-state index is -0.506. The van der Waals surface area contributed by atoms with Crippen molar-refractivity contribution in [3.05, 3.63) is 40.3 Å². The summed E-state index contributed by atoms with van der Waals surface area (Å²) in [6, 6.07) is 7.30. The van der Waals surface area contributed by atoms with Gasteiger partial charge in [0.05, 0.1) is 0 Å². The highest BCUT2D eigenvalue weighted by Gasteiger charge is 2.16. The van der Waals surface area contributed by atoms with Gasteiger partial charge in [-0.2, -0.15) is 0 Å². The zero-order valence-electron chi connectivity index (χ0n) is 9.54. The van der Waals surface area contributed by atoms with Crippen molar-refractivity contribution in [1.29, 1.82) is 0 Å². The van der Waals surface area contributed by atoms with Gasteiger partial charge >= 0.3 is 0 Å². The molecule has 2 rings (SSSR count). The number of carbonyl (C=O) groups is 1. The molecule has 1 saturated heterocycles. The SMILES string of the molecule is [N-]=[N+]=NC(=O)c1ccccc1N1CCCCC1. The molecule has 1 aromatic rings. The minimum Gasteiger partial charge on any atom is -0.371 e. The molecule has 0 saturated carbocycles. The van der Waals surface area contributed by atoms with Gasteiger partial charge in [-0.15, -0.1) is 0 Å². The van der Waals surface area contributed by atoms with Gasteiger partial charge in [0.25, 0.3) is 5.91 Å². The fourth-order valence-corrected chi connectivity index (χ4v) is 2.16. The lowest BCUT2D eigenvalue weighted by molar-refractivity contribution is 0.100. The lowest BCUT2D eigenvalue weighted by Gasteiger charge is -2.30. The molecule has 0 radical (unpaired) electrons. The van der Waals surface area contributed by atoms with E-state index >= 15 is 0 Å². The predicted octanol–water partition coefficient (Wildman–Crippen LogP) is 3.13. The van der Waals surface area contributed by atoms with Crippen molar-refractivity contribution in [3.8, 4) is 0 Å². The molecule has 0 spiro atoms. The minimum absolute atomic E-state index is 0.493. The van der Waals surface area contributed by atoms with Crippen molar-refractivity contribution in [2.24, 2.45) is 5.11 Å². The third-order valence-electron chi connectivity index (χ3n) is 2.97. The number of piperidine rings is 1. The van der Waals surface area contributed by atoms with Gasteiger partial charge in [0.1, 0.15) is 0 Å². The molecule has 0 aliphatic carbocycles. The predicted molar refractivity (Wildman–Crippen MR) is 66.0 cm³/mol. The van der Waals surface area contributed by atoms with E-state index in [0.717, 1.165) is 31.6 Å². The number of para-hydroxylation sites is 1. The smallest absolute Gasteiger partial charge is 0.251 e. The number of benzene rings is 1. The summed E-state index contributed by atoms with van der Waals surface area (Å²) in [6.45, 7) is 1.92. The first-order valence-corrected chi connectivity index (χ1v) is 5.76. The number of amides is 1. The Morgan fingerprint density at radius 1 is 1.24 bits per heavy atom. The zero-order valence-corrected chi connectivity index (χ0v) is 9.54. The maximum Gasteiger partial charge on any atom is 0.251 e. The highest BCUT2D eigenvalue weighted by Crippen LogP contribution is 2.24. The summed E-state index contributed by atoms with van der Waals surface area (Å²) < 4.78 is 0. The molecule has 1 aromatic carbocycles. The second kappa shape index (κ2) is 5.37. The van der Waals surface area contributed by atoms with Crippen molar-refractivity contribution in [3.63, 3.8) is 0 Å². The Morgan fingerprint density at radius 3 is 2.65 bits per heavy atom. The van der Waals surface area contributed by atoms with Gasteiger partial charge in [-0.25, -0.2) is 0 Å². The summed E-state index contributed by atoms with van der Waals surface area (Å²) in [4.78, 5) is 16.4. The number of hydrogen-bond donors (Lipinski definition) is 0. The van der Waals surface area contributed by atoms with Crippen LogP contribution in [0.1, 0.15) is 29.6 Å². The molecule has 5 nitrogen and oxygen atoms in total. The Bertz CT molecular complexity index is 459. The lowest BCUT2D eigenvalue weighted by Crippen LogP contribution is -2.30. The van der Waals surface area contributed by atoms with Gasteiger partial charge in [-0.3, -0.25) is 4.79 Å². The average Bonchev–Trinajstić information content (AvgIpc) is 2.40. The van der Waals surface area contributed by atoms with Gasteiger partial charge < -0.3 is 4.90 Å². The number of hydrogen-bond acceptors (Lipinski definition) is 2. The average molecular weight is 230 g/mol. The van der Waals surface area contributed by atoms with E-state index in [1.54, 1.807) is 12.1 Å². The van der Waals surface area contributed by atoms with Crippen molar-refractivity contribution >= 4 is 11.6 Å². The number of azide groups is 1. The van der Waals surface area contributed by atoms with Crippen LogP contribution in [-0.2, 0) is 0 Å². The number of rotatable bonds is 2. The van der Waals surface area contributed by atoms with Crippen molar-refractivity contribution in [1.82, 2.24) is 0 Å². The molecule has 1 aliphatic heterocycles. The summed E-state index contributed by atoms with van der Waals surface area (Å²) in [5, 5.41) is 3.17. The molecule has 5 heteroatoms. The molecule has 1 fully saturated rings. The first-order valence-electron chi connectivity index (χ1n) is 5.76. The Balaban J connectivity index is 2.32. The standard InChI is InChI=1S/C12H14N4O/c13-15-14-12(17)10-6-2-3-7-11(10)16-8-4-1-5-9-16/h2-3,6-7H,1,4-5,8-9H2. The molecule has 1 heterocycles. The summed E-state index contributed by atoms with van der Waals surface area (Å²) in [6.07, 6.45) is 3.52. The van der Waals surface area contributed by atoms with Crippen LogP contribution in [0.25, 0.3) is 10.4 Å². The Morgan fingerprint density at radius 2 is 1.94 bits per heavy atom. The summed E-state index contributed by atoms with van der Waals surface area (Å²) >= 11 is 0. The maximum absolute atomic E-state index is 11.7. The lowest BCUT2D eigenvalue weighted by atomic mass is 10.1. The van der Waals surface area contributed by atoms with Crippen LogP contribution in [0.5, 0.6) is 0 Å². The fraction of sp³-hybridized carbons (Fsp3) is 0.417. The topological polar surface area (TPSA) is 69.1 Å². The van der Waals surface area contributed by atoms with E-state index in [1.807, 2.05) is 12.1 Å². The number of carbonyl (C=O) groups excluding carboxylic acids is 1. The van der Waals surface area contributed by atoms with E-state index in [0.29, 0.717) is 5.56 Å². The fourth-order valence-electron chi connectivity index (χ4n) is 2.16. The zero-order chi connectivity index (χ0) is 12.1. The third-order valence-corrected chi connectivity index (χ3v) is 2.97. The van der Waals surface area contributed by atoms with Gasteiger partial charge in [0.2, 0.25) is 0 Å². The molecular weight excluding hydrogens is 216 g/mol. The molecule has 17 heavy (non-hydrogen) atoms. The number of nitrogens with zero attached hydrogens (tertiary/aromatic N) is 4. The Kier molecular flexibility index (Phi) is 3.62. The van der Waals surface area contributed by atoms with E-state index in [4.69, 9.17) is 5.53 Å². The molecule has 0 aromatic heterocycles. The van der Waals surface area contributed by atoms with Crippen LogP contribution in [0.4, 0.5) is 5.69 Å². The van der Waals surface area contributed by atoms with E-state index in [9.17, 15) is 4.79 Å². The second-order valence-electron chi connectivity index (χ2n) is 4.06. The first kappa shape index (κ1) is 11.5. The van der Waals surface area contributed by atoms with Crippen LogP contribution in [0.3, 0.4) is 0 Å². The van der Waals surface area contributed by atoms with E-state index in [1.165, 1.54) is 6.42 Å². The quantitative estimate of drug-likeness (QED) is 0.445. The third kappa shape index (κ3) is 2.57. The van der Waals surface area contributed by atoms with Gasteiger partial charge in [-0.1, -0.05) is 12.1 Å². The molecular formula is C12H14N4O. The Hall–Kier alpha value is -2.00. The highest BCUT2D eigenvalue weighted by molar-refractivity contribution is 6.00. The van der Waals surface area contributed by atoms with E-state index in [2.05, 4.69) is 14.9 Å². The summed E-state index contributed by atoms with van der Waals surface area (Å²) in [5.41, 5.74) is 9.70. The summed E-state index contributed by atoms with van der Waals surface area (Å²) in [7, 11) is 0. The summed E-state index contributed by atoms with van der Waals surface area (Å²) in [5.74, 6) is -0.506. The highest BCUT2D eigenvalue weighted by atomic mass is 16.1. The molecule has 0 atom stereocenters. The normalized spacial score (nSPS) is 15.2. The van der Waals surface area contributed by atoms with Gasteiger partial charge in [0.15, 0.2) is 0 Å². The molecule has 0 unspecified atom stereocenters. The second-order valence-corrected chi connectivity index (χ2v) is 4.06. The van der Waals surface area contributed by atoms with E-state index in [-0.39, 0.29) is 0 Å². The monoisotopic (exact) mass is 230 g/mol. The molecule has 0 N–H and O–H groups in total. The van der Waals surface area contributed by atoms with Crippen LogP contribution in [0.15, 0.2) is 29.4 Å². The van der Waals surface area contributed by atoms with Crippen LogP contribution < -0.4 is 4.90 Å². The maximum atomic E-state index is 11.7. The van der Waals surface area contributed by atoms with Crippen LogP contribution >= 0.6 is 0 Å². The molecule has 1 amide bonds.